The summed E-state index contributed by atoms with van der Waals surface area (Å²) in [5.41, 5.74) is 1.29. The van der Waals surface area contributed by atoms with Crippen molar-refractivity contribution in [2.45, 2.75) is 76.3 Å². The SMILES string of the molecule is CC(=O)c1c(C)nc(C2CC2)nc1SCC(=O)NC1CCCCC1C. The number of aromatic nitrogens is 2. The van der Waals surface area contributed by atoms with Crippen LogP contribution in [0.1, 0.15) is 80.2 Å². The van der Waals surface area contributed by atoms with Gasteiger partial charge in [0, 0.05) is 12.0 Å². The van der Waals surface area contributed by atoms with E-state index >= 15 is 0 Å². The number of Topliss-reactive ketones (excluding diaryl/α,β-unsaturated/α-hetero) is 1. The van der Waals surface area contributed by atoms with E-state index in [0.29, 0.717) is 28.2 Å². The Morgan fingerprint density at radius 1 is 1.16 bits per heavy atom. The number of hydrogen-bond acceptors (Lipinski definition) is 5. The fraction of sp³-hybridized carbons (Fsp3) is 0.684. The van der Waals surface area contributed by atoms with E-state index in [0.717, 1.165) is 30.8 Å². The molecule has 2 aliphatic carbocycles. The van der Waals surface area contributed by atoms with Crippen LogP contribution in [0.25, 0.3) is 0 Å². The highest BCUT2D eigenvalue weighted by atomic mass is 32.2. The molecule has 2 fully saturated rings. The van der Waals surface area contributed by atoms with E-state index in [-0.39, 0.29) is 17.7 Å². The van der Waals surface area contributed by atoms with Gasteiger partial charge in [0.2, 0.25) is 5.91 Å². The second kappa shape index (κ2) is 7.85. The summed E-state index contributed by atoms with van der Waals surface area (Å²) in [6, 6.07) is 0.281. The van der Waals surface area contributed by atoms with Crippen molar-refractivity contribution in [2.75, 3.05) is 5.75 Å². The molecular formula is C19H27N3O2S. The second-order valence-electron chi connectivity index (χ2n) is 7.40. The fourth-order valence-corrected chi connectivity index (χ4v) is 4.46. The first-order chi connectivity index (χ1) is 12.0. The van der Waals surface area contributed by atoms with Crippen molar-refractivity contribution in [3.8, 4) is 0 Å². The normalized spacial score (nSPS) is 23.3. The lowest BCUT2D eigenvalue weighted by molar-refractivity contribution is -0.119. The Labute approximate surface area is 153 Å². The highest BCUT2D eigenvalue weighted by Crippen LogP contribution is 2.39. The molecule has 1 heterocycles. The lowest BCUT2D eigenvalue weighted by Gasteiger charge is -2.29. The van der Waals surface area contributed by atoms with E-state index in [1.165, 1.54) is 37.9 Å². The van der Waals surface area contributed by atoms with Gasteiger partial charge in [-0.1, -0.05) is 31.5 Å². The molecule has 2 atom stereocenters. The van der Waals surface area contributed by atoms with Crippen molar-refractivity contribution in [3.63, 3.8) is 0 Å². The highest BCUT2D eigenvalue weighted by Gasteiger charge is 2.29. The standard InChI is InChI=1S/C19H27N3O2S/c1-11-6-4-5-7-15(11)21-16(24)10-25-19-17(13(3)23)12(2)20-18(22-19)14-8-9-14/h11,14-15H,4-10H2,1-3H3,(H,21,24). The third-order valence-corrected chi connectivity index (χ3v) is 6.14. The molecule has 0 saturated heterocycles. The number of carbonyl (C=O) groups excluding carboxylic acids is 2. The van der Waals surface area contributed by atoms with Crippen LogP contribution in [-0.2, 0) is 4.79 Å². The number of nitrogens with zero attached hydrogens (tertiary/aromatic N) is 2. The summed E-state index contributed by atoms with van der Waals surface area (Å²) in [5, 5.41) is 3.82. The Bertz CT molecular complexity index is 673. The average Bonchev–Trinajstić information content (AvgIpc) is 3.39. The maximum Gasteiger partial charge on any atom is 0.230 e. The van der Waals surface area contributed by atoms with E-state index in [1.54, 1.807) is 0 Å². The lowest BCUT2D eigenvalue weighted by atomic mass is 9.86. The van der Waals surface area contributed by atoms with Gasteiger partial charge in [0.25, 0.3) is 0 Å². The van der Waals surface area contributed by atoms with E-state index in [4.69, 9.17) is 0 Å². The first kappa shape index (κ1) is 18.4. The summed E-state index contributed by atoms with van der Waals surface area (Å²) in [7, 11) is 0. The van der Waals surface area contributed by atoms with Gasteiger partial charge >= 0.3 is 0 Å². The quantitative estimate of drug-likeness (QED) is 0.476. The Morgan fingerprint density at radius 3 is 2.52 bits per heavy atom. The third kappa shape index (κ3) is 4.60. The zero-order chi connectivity index (χ0) is 18.0. The van der Waals surface area contributed by atoms with Crippen LogP contribution in [0.3, 0.4) is 0 Å². The van der Waals surface area contributed by atoms with Gasteiger partial charge < -0.3 is 5.32 Å². The Morgan fingerprint density at radius 2 is 1.88 bits per heavy atom. The topological polar surface area (TPSA) is 72.0 Å². The van der Waals surface area contributed by atoms with Crippen molar-refractivity contribution >= 4 is 23.5 Å². The molecule has 5 nitrogen and oxygen atoms in total. The van der Waals surface area contributed by atoms with Crippen LogP contribution in [0.5, 0.6) is 0 Å². The first-order valence-corrected chi connectivity index (χ1v) is 10.3. The Hall–Kier alpha value is -1.43. The van der Waals surface area contributed by atoms with E-state index < -0.39 is 0 Å². The molecule has 2 saturated carbocycles. The van der Waals surface area contributed by atoms with Crippen LogP contribution >= 0.6 is 11.8 Å². The molecule has 2 unspecified atom stereocenters. The molecule has 1 aromatic heterocycles. The summed E-state index contributed by atoms with van der Waals surface area (Å²) >= 11 is 1.36. The number of carbonyl (C=O) groups is 2. The Balaban J connectivity index is 1.67. The number of aryl methyl sites for hydroxylation is 1. The molecule has 1 N–H and O–H groups in total. The number of ketones is 1. The molecule has 0 spiro atoms. The van der Waals surface area contributed by atoms with Crippen LogP contribution in [0.2, 0.25) is 0 Å². The van der Waals surface area contributed by atoms with E-state index in [9.17, 15) is 9.59 Å². The van der Waals surface area contributed by atoms with Gasteiger partial charge in [0.15, 0.2) is 5.78 Å². The van der Waals surface area contributed by atoms with Gasteiger partial charge in [-0.3, -0.25) is 9.59 Å². The maximum atomic E-state index is 12.4. The molecule has 0 aliphatic heterocycles. The predicted octanol–water partition coefficient (Wildman–Crippen LogP) is 3.65. The monoisotopic (exact) mass is 361 g/mol. The van der Waals surface area contributed by atoms with Crippen LogP contribution in [0, 0.1) is 12.8 Å². The van der Waals surface area contributed by atoms with Crippen molar-refractivity contribution in [1.29, 1.82) is 0 Å². The van der Waals surface area contributed by atoms with Crippen molar-refractivity contribution in [2.24, 2.45) is 5.92 Å². The summed E-state index contributed by atoms with van der Waals surface area (Å²) in [5.74, 6) is 2.08. The van der Waals surface area contributed by atoms with Gasteiger partial charge in [-0.25, -0.2) is 9.97 Å². The summed E-state index contributed by atoms with van der Waals surface area (Å²) < 4.78 is 0. The molecule has 0 bridgehead atoms. The molecule has 1 amide bonds. The van der Waals surface area contributed by atoms with Gasteiger partial charge in [-0.15, -0.1) is 0 Å². The van der Waals surface area contributed by atoms with E-state index in [2.05, 4.69) is 22.2 Å². The van der Waals surface area contributed by atoms with Crippen LogP contribution in [-0.4, -0.2) is 33.5 Å². The van der Waals surface area contributed by atoms with Crippen molar-refractivity contribution < 1.29 is 9.59 Å². The summed E-state index contributed by atoms with van der Waals surface area (Å²) in [4.78, 5) is 33.5. The third-order valence-electron chi connectivity index (χ3n) is 5.17. The van der Waals surface area contributed by atoms with Crippen LogP contribution < -0.4 is 5.32 Å². The molecule has 136 valence electrons. The number of rotatable bonds is 6. The van der Waals surface area contributed by atoms with Gasteiger partial charge in [0.1, 0.15) is 10.9 Å². The highest BCUT2D eigenvalue weighted by molar-refractivity contribution is 8.00. The Kier molecular flexibility index (Phi) is 5.77. The van der Waals surface area contributed by atoms with Crippen molar-refractivity contribution in [1.82, 2.24) is 15.3 Å². The average molecular weight is 362 g/mol. The number of nitrogens with one attached hydrogen (secondary N) is 1. The second-order valence-corrected chi connectivity index (χ2v) is 8.37. The lowest BCUT2D eigenvalue weighted by Crippen LogP contribution is -2.41. The first-order valence-electron chi connectivity index (χ1n) is 9.27. The number of amides is 1. The van der Waals surface area contributed by atoms with Crippen molar-refractivity contribution in [3.05, 3.63) is 17.1 Å². The molecule has 0 aromatic carbocycles. The summed E-state index contributed by atoms with van der Waals surface area (Å²) in [6.07, 6.45) is 6.92. The maximum absolute atomic E-state index is 12.4. The number of thioether (sulfide) groups is 1. The zero-order valence-electron chi connectivity index (χ0n) is 15.3. The minimum atomic E-state index is -0.0383. The van der Waals surface area contributed by atoms with Crippen LogP contribution in [0.4, 0.5) is 0 Å². The largest absolute Gasteiger partial charge is 0.352 e. The molecule has 3 rings (SSSR count). The smallest absolute Gasteiger partial charge is 0.230 e. The van der Waals surface area contributed by atoms with Crippen LogP contribution in [0.15, 0.2) is 5.03 Å². The molecule has 2 aliphatic rings. The van der Waals surface area contributed by atoms with Gasteiger partial charge in [-0.2, -0.15) is 0 Å². The van der Waals surface area contributed by atoms with Gasteiger partial charge in [0.05, 0.1) is 17.0 Å². The fourth-order valence-electron chi connectivity index (χ4n) is 3.51. The minimum Gasteiger partial charge on any atom is -0.352 e. The van der Waals surface area contributed by atoms with E-state index in [1.807, 2.05) is 6.92 Å². The molecule has 0 radical (unpaired) electrons. The molecule has 25 heavy (non-hydrogen) atoms. The number of hydrogen-bond donors (Lipinski definition) is 1. The van der Waals surface area contributed by atoms with Gasteiger partial charge in [-0.05, 0) is 45.4 Å². The summed E-state index contributed by atoms with van der Waals surface area (Å²) in [6.45, 7) is 5.61. The zero-order valence-corrected chi connectivity index (χ0v) is 16.1. The molecular weight excluding hydrogens is 334 g/mol. The predicted molar refractivity (Wildman–Crippen MR) is 99.0 cm³/mol. The minimum absolute atomic E-state index is 0.0301. The molecule has 1 aromatic rings. The molecule has 6 heteroatoms.